The van der Waals surface area contributed by atoms with Crippen LogP contribution in [0.15, 0.2) is 53.6 Å². The second kappa shape index (κ2) is 9.08. The van der Waals surface area contributed by atoms with Gasteiger partial charge in [-0.25, -0.2) is 0 Å². The number of benzene rings is 1. The molecule has 0 atom stereocenters. The summed E-state index contributed by atoms with van der Waals surface area (Å²) >= 11 is 0. The molecule has 1 saturated heterocycles. The molecule has 36 heavy (non-hydrogen) atoms. The summed E-state index contributed by atoms with van der Waals surface area (Å²) < 4.78 is 4.93. The number of Topliss-reactive ketones (excluding diaryl/α,β-unsaturated/α-hetero) is 1. The van der Waals surface area contributed by atoms with Gasteiger partial charge in [0.15, 0.2) is 5.78 Å². The zero-order valence-electron chi connectivity index (χ0n) is 22.1. The number of likely N-dealkylation sites (tertiary alicyclic amines) is 1. The summed E-state index contributed by atoms with van der Waals surface area (Å²) in [4.78, 5) is 16.3. The van der Waals surface area contributed by atoms with Crippen molar-refractivity contribution in [3.05, 3.63) is 93.1 Å². The number of aryl methyl sites for hydroxylation is 2. The average molecular weight is 480 g/mol. The third kappa shape index (κ3) is 4.43. The van der Waals surface area contributed by atoms with Gasteiger partial charge >= 0.3 is 0 Å². The van der Waals surface area contributed by atoms with Crippen LogP contribution in [0.3, 0.4) is 0 Å². The molecule has 1 aromatic carbocycles. The number of piperidine rings is 1. The molecule has 2 aromatic heterocycles. The Bertz CT molecular complexity index is 1290. The Morgan fingerprint density at radius 1 is 0.750 bits per heavy atom. The number of hydrogen-bond donors (Lipinski definition) is 0. The highest BCUT2D eigenvalue weighted by atomic mass is 16.1. The minimum atomic E-state index is 0.201. The molecular formula is C32H37N3O. The van der Waals surface area contributed by atoms with E-state index in [2.05, 4.69) is 96.3 Å². The van der Waals surface area contributed by atoms with E-state index in [1.54, 1.807) is 0 Å². The van der Waals surface area contributed by atoms with Gasteiger partial charge in [0.1, 0.15) is 0 Å². The molecule has 6 rings (SSSR count). The number of carbonyl (C=O) groups excluding carboxylic acids is 1. The molecule has 4 nitrogen and oxygen atoms in total. The lowest BCUT2D eigenvalue weighted by Crippen LogP contribution is -2.37. The minimum Gasteiger partial charge on any atom is -0.346 e. The summed E-state index contributed by atoms with van der Waals surface area (Å²) in [5.41, 5.74) is 10.6. The van der Waals surface area contributed by atoms with Crippen LogP contribution in [-0.2, 0) is 11.3 Å². The van der Waals surface area contributed by atoms with Crippen molar-refractivity contribution in [3.8, 4) is 0 Å². The fourth-order valence-electron chi connectivity index (χ4n) is 6.13. The van der Waals surface area contributed by atoms with E-state index in [-0.39, 0.29) is 5.78 Å². The van der Waals surface area contributed by atoms with Crippen LogP contribution in [0.25, 0.3) is 12.2 Å². The average Bonchev–Trinajstić information content (AvgIpc) is 3.78. The SMILES string of the molecule is Cc1cc(/C=C2/CN(Cc3ccccc3)C/C(=C\c3cc(C)n(C4CC4)c3C)C2=O)c(C)n1C1CC1. The van der Waals surface area contributed by atoms with E-state index in [0.717, 1.165) is 17.7 Å². The molecule has 3 aromatic rings. The highest BCUT2D eigenvalue weighted by Gasteiger charge is 2.30. The summed E-state index contributed by atoms with van der Waals surface area (Å²) in [7, 11) is 0. The van der Waals surface area contributed by atoms with Crippen molar-refractivity contribution in [2.75, 3.05) is 13.1 Å². The molecule has 0 spiro atoms. The zero-order valence-corrected chi connectivity index (χ0v) is 22.1. The Labute approximate surface area is 214 Å². The molecule has 2 saturated carbocycles. The normalized spacial score (nSPS) is 21.2. The molecule has 1 aliphatic heterocycles. The number of aromatic nitrogens is 2. The first-order valence-electron chi connectivity index (χ1n) is 13.5. The van der Waals surface area contributed by atoms with Crippen LogP contribution in [0.4, 0.5) is 0 Å². The molecule has 0 amide bonds. The van der Waals surface area contributed by atoms with Crippen LogP contribution in [0.2, 0.25) is 0 Å². The molecule has 4 heteroatoms. The molecule has 3 aliphatic rings. The lowest BCUT2D eigenvalue weighted by Gasteiger charge is -2.30. The van der Waals surface area contributed by atoms with Crippen molar-refractivity contribution >= 4 is 17.9 Å². The predicted molar refractivity (Wildman–Crippen MR) is 147 cm³/mol. The maximum Gasteiger partial charge on any atom is 0.187 e. The van der Waals surface area contributed by atoms with Crippen LogP contribution >= 0.6 is 0 Å². The first-order chi connectivity index (χ1) is 17.4. The van der Waals surface area contributed by atoms with E-state index in [9.17, 15) is 4.79 Å². The van der Waals surface area contributed by atoms with Crippen molar-refractivity contribution in [2.24, 2.45) is 0 Å². The maximum atomic E-state index is 13.9. The smallest absolute Gasteiger partial charge is 0.187 e. The van der Waals surface area contributed by atoms with Crippen LogP contribution in [0.1, 0.15) is 77.2 Å². The highest BCUT2D eigenvalue weighted by molar-refractivity contribution is 6.14. The number of hydrogen-bond acceptors (Lipinski definition) is 2. The molecule has 0 unspecified atom stereocenters. The first-order valence-corrected chi connectivity index (χ1v) is 13.5. The molecule has 186 valence electrons. The van der Waals surface area contributed by atoms with Gasteiger partial charge in [-0.2, -0.15) is 0 Å². The van der Waals surface area contributed by atoms with E-state index in [1.165, 1.54) is 65.1 Å². The fourth-order valence-corrected chi connectivity index (χ4v) is 6.13. The quantitative estimate of drug-likeness (QED) is 0.366. The van der Waals surface area contributed by atoms with E-state index in [1.807, 2.05) is 0 Å². The maximum absolute atomic E-state index is 13.9. The monoisotopic (exact) mass is 479 g/mol. The van der Waals surface area contributed by atoms with E-state index in [4.69, 9.17) is 0 Å². The van der Waals surface area contributed by atoms with Crippen molar-refractivity contribution in [1.29, 1.82) is 0 Å². The summed E-state index contributed by atoms with van der Waals surface area (Å²) in [5.74, 6) is 0.201. The second-order valence-corrected chi connectivity index (χ2v) is 11.2. The second-order valence-electron chi connectivity index (χ2n) is 11.2. The third-order valence-electron chi connectivity index (χ3n) is 8.15. The van der Waals surface area contributed by atoms with Crippen LogP contribution in [0, 0.1) is 27.7 Å². The lowest BCUT2D eigenvalue weighted by atomic mass is 9.94. The lowest BCUT2D eigenvalue weighted by molar-refractivity contribution is -0.113. The standard InChI is InChI=1S/C32H37N3O/c1-21-14-26(23(3)34(21)30-10-11-30)16-28-19-33(18-25-8-6-5-7-9-25)20-29(32(28)36)17-27-15-22(2)35(24(27)4)31-12-13-31/h5-9,14-17,30-31H,10-13,18-20H2,1-4H3/b28-16-,29-17+. The van der Waals surface area contributed by atoms with E-state index < -0.39 is 0 Å². The molecule has 3 fully saturated rings. The third-order valence-corrected chi connectivity index (χ3v) is 8.15. The van der Waals surface area contributed by atoms with Gasteiger partial charge in [-0.05, 0) is 94.4 Å². The highest BCUT2D eigenvalue weighted by Crippen LogP contribution is 2.40. The topological polar surface area (TPSA) is 30.2 Å². The first kappa shape index (κ1) is 23.3. The van der Waals surface area contributed by atoms with Gasteiger partial charge in [0.05, 0.1) is 0 Å². The minimum absolute atomic E-state index is 0.201. The summed E-state index contributed by atoms with van der Waals surface area (Å²) in [6, 6.07) is 16.4. The van der Waals surface area contributed by atoms with Gasteiger partial charge < -0.3 is 9.13 Å². The van der Waals surface area contributed by atoms with Crippen molar-refractivity contribution < 1.29 is 4.79 Å². The van der Waals surface area contributed by atoms with E-state index in [0.29, 0.717) is 25.2 Å². The largest absolute Gasteiger partial charge is 0.346 e. The van der Waals surface area contributed by atoms with Crippen molar-refractivity contribution in [1.82, 2.24) is 14.0 Å². The predicted octanol–water partition coefficient (Wildman–Crippen LogP) is 6.74. The number of nitrogens with zero attached hydrogens (tertiary/aromatic N) is 3. The van der Waals surface area contributed by atoms with Gasteiger partial charge in [0.2, 0.25) is 0 Å². The van der Waals surface area contributed by atoms with Gasteiger partial charge in [-0.3, -0.25) is 9.69 Å². The van der Waals surface area contributed by atoms with Gasteiger partial charge in [-0.15, -0.1) is 0 Å². The zero-order chi connectivity index (χ0) is 25.0. The number of carbonyl (C=O) groups is 1. The van der Waals surface area contributed by atoms with Crippen LogP contribution in [-0.4, -0.2) is 32.9 Å². The summed E-state index contributed by atoms with van der Waals surface area (Å²) in [5, 5.41) is 0. The van der Waals surface area contributed by atoms with Gasteiger partial charge in [-0.1, -0.05) is 30.3 Å². The molecule has 3 heterocycles. The Balaban J connectivity index is 1.37. The Morgan fingerprint density at radius 3 is 1.67 bits per heavy atom. The molecule has 0 bridgehead atoms. The van der Waals surface area contributed by atoms with Crippen LogP contribution in [0.5, 0.6) is 0 Å². The number of ketones is 1. The Hall–Kier alpha value is -3.11. The Kier molecular flexibility index (Phi) is 5.88. The van der Waals surface area contributed by atoms with Crippen LogP contribution < -0.4 is 0 Å². The number of rotatable bonds is 6. The molecule has 0 N–H and O–H groups in total. The van der Waals surface area contributed by atoms with Crippen molar-refractivity contribution in [3.63, 3.8) is 0 Å². The van der Waals surface area contributed by atoms with Gasteiger partial charge in [0.25, 0.3) is 0 Å². The van der Waals surface area contributed by atoms with E-state index >= 15 is 0 Å². The molecule has 0 radical (unpaired) electrons. The van der Waals surface area contributed by atoms with Crippen molar-refractivity contribution in [2.45, 2.75) is 72.0 Å². The summed E-state index contributed by atoms with van der Waals surface area (Å²) in [6.07, 6.45) is 9.40. The fraction of sp³-hybridized carbons (Fsp3) is 0.406. The van der Waals surface area contributed by atoms with Gasteiger partial charge in [0, 0.05) is 65.6 Å². The molecule has 2 aliphatic carbocycles. The Morgan fingerprint density at radius 2 is 1.22 bits per heavy atom. The molecular weight excluding hydrogens is 442 g/mol. The summed E-state index contributed by atoms with van der Waals surface area (Å²) in [6.45, 7) is 11.0.